The van der Waals surface area contributed by atoms with Crippen molar-refractivity contribution in [1.82, 2.24) is 0 Å². The monoisotopic (exact) mass is 667 g/mol. The van der Waals surface area contributed by atoms with Crippen molar-refractivity contribution < 1.29 is 4.42 Å². The van der Waals surface area contributed by atoms with E-state index in [9.17, 15) is 0 Å². The molecule has 0 atom stereocenters. The molecule has 2 nitrogen and oxygen atoms in total. The minimum absolute atomic E-state index is 0.344. The van der Waals surface area contributed by atoms with Crippen LogP contribution in [-0.4, -0.2) is 0 Å². The van der Waals surface area contributed by atoms with Gasteiger partial charge in [-0.1, -0.05) is 166 Å². The largest absolute Gasteiger partial charge is 0.454 e. The van der Waals surface area contributed by atoms with Crippen LogP contribution in [0, 0.1) is 0 Å². The van der Waals surface area contributed by atoms with Gasteiger partial charge < -0.3 is 9.32 Å². The van der Waals surface area contributed by atoms with Gasteiger partial charge in [-0.2, -0.15) is 0 Å². The van der Waals surface area contributed by atoms with E-state index in [1.165, 1.54) is 49.7 Å². The summed E-state index contributed by atoms with van der Waals surface area (Å²) in [6.07, 6.45) is 0. The Hall–Kier alpha value is -6.38. The number of furan rings is 1. The second-order valence-electron chi connectivity index (χ2n) is 14.2. The molecule has 0 aliphatic heterocycles. The average molecular weight is 668 g/mol. The van der Waals surface area contributed by atoms with Crippen molar-refractivity contribution in [3.63, 3.8) is 0 Å². The molecular weight excluding hydrogens is 631 g/mol. The molecule has 0 saturated carbocycles. The summed E-state index contributed by atoms with van der Waals surface area (Å²) in [6.45, 7) is 4.47. The maximum absolute atomic E-state index is 6.93. The summed E-state index contributed by atoms with van der Waals surface area (Å²) in [6, 6.07) is 66.5. The van der Waals surface area contributed by atoms with Gasteiger partial charge in [0.25, 0.3) is 0 Å². The number of benzene rings is 8. The average Bonchev–Trinajstić information content (AvgIpc) is 3.74. The van der Waals surface area contributed by atoms with Crippen molar-refractivity contribution >= 4 is 49.8 Å². The molecule has 0 radical (unpaired) electrons. The molecule has 2 heteroatoms. The summed E-state index contributed by atoms with van der Waals surface area (Å²) in [5, 5.41) is 4.80. The molecule has 52 heavy (non-hydrogen) atoms. The fourth-order valence-corrected chi connectivity index (χ4v) is 8.85. The van der Waals surface area contributed by atoms with Crippen molar-refractivity contribution in [3.05, 3.63) is 210 Å². The van der Waals surface area contributed by atoms with E-state index in [1.807, 2.05) is 0 Å². The van der Waals surface area contributed by atoms with Crippen LogP contribution in [0.15, 0.2) is 186 Å². The molecule has 248 valence electrons. The number of hydrogen-bond donors (Lipinski definition) is 0. The van der Waals surface area contributed by atoms with Gasteiger partial charge in [0.15, 0.2) is 5.58 Å². The first-order chi connectivity index (χ1) is 25.6. The van der Waals surface area contributed by atoms with Gasteiger partial charge in [0.05, 0.1) is 11.1 Å². The van der Waals surface area contributed by atoms with Crippen molar-refractivity contribution in [1.29, 1.82) is 0 Å². The van der Waals surface area contributed by atoms with E-state index in [0.29, 0.717) is 5.92 Å². The van der Waals surface area contributed by atoms with E-state index in [4.69, 9.17) is 4.42 Å². The van der Waals surface area contributed by atoms with Gasteiger partial charge in [-0.25, -0.2) is 0 Å². The standard InChI is InChI=1S/C50H37NO/c1-33(2)39-24-14-25-41-42-26-15-27-46(49(42)52-48(39)41)51(37-21-10-5-11-22-37)38-29-30-43-45(32-38)50(35-17-6-3-7-18-35,36-19-8-4-9-20-36)44-31-28-34-16-12-13-23-40(34)47(43)44/h3-33H,1-2H3. The highest BCUT2D eigenvalue weighted by molar-refractivity contribution is 6.11. The maximum Gasteiger partial charge on any atom is 0.159 e. The highest BCUT2D eigenvalue weighted by Crippen LogP contribution is 2.59. The normalized spacial score (nSPS) is 13.1. The van der Waals surface area contributed by atoms with Crippen LogP contribution in [-0.2, 0) is 5.41 Å². The van der Waals surface area contributed by atoms with E-state index in [1.54, 1.807) is 0 Å². The van der Waals surface area contributed by atoms with Crippen LogP contribution in [0.4, 0.5) is 17.1 Å². The van der Waals surface area contributed by atoms with Gasteiger partial charge in [0.1, 0.15) is 5.58 Å². The lowest BCUT2D eigenvalue weighted by molar-refractivity contribution is 0.657. The Kier molecular flexibility index (Phi) is 6.94. The summed E-state index contributed by atoms with van der Waals surface area (Å²) in [7, 11) is 0. The van der Waals surface area contributed by atoms with Gasteiger partial charge in [-0.15, -0.1) is 0 Å². The first-order valence-electron chi connectivity index (χ1n) is 18.2. The molecule has 0 bridgehead atoms. The number of fused-ring (bicyclic) bond motifs is 8. The van der Waals surface area contributed by atoms with E-state index >= 15 is 0 Å². The number of rotatable bonds is 6. The maximum atomic E-state index is 6.93. The number of anilines is 3. The molecule has 1 aliphatic rings. The first kappa shape index (κ1) is 30.4. The van der Waals surface area contributed by atoms with Crippen LogP contribution in [0.25, 0.3) is 43.8 Å². The zero-order valence-corrected chi connectivity index (χ0v) is 29.3. The molecule has 0 unspecified atom stereocenters. The van der Waals surface area contributed by atoms with Crippen molar-refractivity contribution in [2.24, 2.45) is 0 Å². The topological polar surface area (TPSA) is 16.4 Å². The van der Waals surface area contributed by atoms with Crippen molar-refractivity contribution in [2.45, 2.75) is 25.2 Å². The fraction of sp³-hybridized carbons (Fsp3) is 0.0800. The predicted octanol–water partition coefficient (Wildman–Crippen LogP) is 13.7. The third-order valence-electron chi connectivity index (χ3n) is 11.1. The van der Waals surface area contributed by atoms with Crippen molar-refractivity contribution in [3.8, 4) is 11.1 Å². The Morgan fingerprint density at radius 2 is 1.10 bits per heavy atom. The predicted molar refractivity (Wildman–Crippen MR) is 217 cm³/mol. The van der Waals surface area contributed by atoms with Gasteiger partial charge in [-0.05, 0) is 86.0 Å². The third-order valence-corrected chi connectivity index (χ3v) is 11.1. The molecular formula is C50H37NO. The van der Waals surface area contributed by atoms with Gasteiger partial charge in [-0.3, -0.25) is 0 Å². The molecule has 0 amide bonds. The minimum Gasteiger partial charge on any atom is -0.454 e. The van der Waals surface area contributed by atoms with Gasteiger partial charge in [0.2, 0.25) is 0 Å². The van der Waals surface area contributed by atoms with Crippen LogP contribution in [0.3, 0.4) is 0 Å². The Bertz CT molecular complexity index is 2720. The van der Waals surface area contributed by atoms with Gasteiger partial charge >= 0.3 is 0 Å². The zero-order chi connectivity index (χ0) is 34.8. The summed E-state index contributed by atoms with van der Waals surface area (Å²) in [4.78, 5) is 2.38. The van der Waals surface area contributed by atoms with E-state index < -0.39 is 5.41 Å². The Labute approximate surface area is 304 Å². The van der Waals surface area contributed by atoms with Gasteiger partial charge in [0, 0.05) is 22.1 Å². The van der Waals surface area contributed by atoms with E-state index in [-0.39, 0.29) is 0 Å². The van der Waals surface area contributed by atoms with Crippen LogP contribution in [0.2, 0.25) is 0 Å². The quantitative estimate of drug-likeness (QED) is 0.175. The molecule has 0 saturated heterocycles. The highest BCUT2D eigenvalue weighted by Gasteiger charge is 2.47. The van der Waals surface area contributed by atoms with E-state index in [0.717, 1.165) is 39.0 Å². The Morgan fingerprint density at radius 1 is 0.481 bits per heavy atom. The second kappa shape index (κ2) is 11.9. The molecule has 10 rings (SSSR count). The van der Waals surface area contributed by atoms with Crippen molar-refractivity contribution in [2.75, 3.05) is 4.90 Å². The lowest BCUT2D eigenvalue weighted by atomic mass is 9.67. The fourth-order valence-electron chi connectivity index (χ4n) is 8.85. The summed E-state index contributed by atoms with van der Waals surface area (Å²) >= 11 is 0. The lowest BCUT2D eigenvalue weighted by Gasteiger charge is -2.35. The first-order valence-corrected chi connectivity index (χ1v) is 18.2. The number of para-hydroxylation sites is 3. The molecule has 1 heterocycles. The number of nitrogens with zero attached hydrogens (tertiary/aromatic N) is 1. The molecule has 9 aromatic rings. The Morgan fingerprint density at radius 3 is 1.81 bits per heavy atom. The second-order valence-corrected chi connectivity index (χ2v) is 14.2. The smallest absolute Gasteiger partial charge is 0.159 e. The molecule has 0 N–H and O–H groups in total. The summed E-state index contributed by atoms with van der Waals surface area (Å²) in [5.41, 5.74) is 13.4. The number of hydrogen-bond acceptors (Lipinski definition) is 2. The summed E-state index contributed by atoms with van der Waals surface area (Å²) < 4.78 is 6.93. The van der Waals surface area contributed by atoms with Crippen LogP contribution in [0.5, 0.6) is 0 Å². The molecule has 8 aromatic carbocycles. The van der Waals surface area contributed by atoms with E-state index in [2.05, 4.69) is 201 Å². The van der Waals surface area contributed by atoms with Crippen LogP contribution < -0.4 is 4.90 Å². The van der Waals surface area contributed by atoms with Crippen LogP contribution >= 0.6 is 0 Å². The molecule has 1 aromatic heterocycles. The Balaban J connectivity index is 1.30. The van der Waals surface area contributed by atoms with Crippen LogP contribution in [0.1, 0.15) is 47.6 Å². The SMILES string of the molecule is CC(C)c1cccc2c1oc1c(N(c3ccccc3)c3ccc4c(c3)C(c3ccccc3)(c3ccccc3)c3ccc5ccccc5c3-4)cccc12. The lowest BCUT2D eigenvalue weighted by Crippen LogP contribution is -2.28. The zero-order valence-electron chi connectivity index (χ0n) is 29.3. The minimum atomic E-state index is -0.535. The molecule has 0 spiro atoms. The molecule has 1 aliphatic carbocycles. The third kappa shape index (κ3) is 4.37. The summed E-state index contributed by atoms with van der Waals surface area (Å²) in [5.74, 6) is 0.344. The highest BCUT2D eigenvalue weighted by atomic mass is 16.3. The molecule has 0 fully saturated rings.